The van der Waals surface area contributed by atoms with Crippen LogP contribution in [0.2, 0.25) is 0 Å². The van der Waals surface area contributed by atoms with E-state index in [9.17, 15) is 0 Å². The summed E-state index contributed by atoms with van der Waals surface area (Å²) in [6, 6.07) is 5.94. The predicted molar refractivity (Wildman–Crippen MR) is 90.4 cm³/mol. The van der Waals surface area contributed by atoms with E-state index in [2.05, 4.69) is 34.5 Å². The summed E-state index contributed by atoms with van der Waals surface area (Å²) in [6.07, 6.45) is 7.02. The zero-order chi connectivity index (χ0) is 14.9. The smallest absolute Gasteiger partial charge is 0.142 e. The van der Waals surface area contributed by atoms with Crippen molar-refractivity contribution in [3.05, 3.63) is 35.5 Å². The van der Waals surface area contributed by atoms with Gasteiger partial charge in [-0.1, -0.05) is 39.2 Å². The van der Waals surface area contributed by atoms with E-state index < -0.39 is 0 Å². The number of rotatable bonds is 9. The lowest BCUT2D eigenvalue weighted by molar-refractivity contribution is 0.418. The zero-order valence-electron chi connectivity index (χ0n) is 13.0. The summed E-state index contributed by atoms with van der Waals surface area (Å²) in [4.78, 5) is 9.00. The molecule has 0 aliphatic heterocycles. The third-order valence-corrected chi connectivity index (χ3v) is 4.63. The molecule has 2 rings (SSSR count). The molecule has 0 saturated heterocycles. The van der Waals surface area contributed by atoms with E-state index in [-0.39, 0.29) is 0 Å². The van der Waals surface area contributed by atoms with Gasteiger partial charge in [-0.25, -0.2) is 4.98 Å². The number of nitrogens with zero attached hydrogens (tertiary/aromatic N) is 2. The molecule has 0 saturated carbocycles. The molecule has 0 aromatic carbocycles. The molecule has 0 amide bonds. The lowest BCUT2D eigenvalue weighted by Crippen LogP contribution is -2.22. The molecule has 0 spiro atoms. The van der Waals surface area contributed by atoms with Gasteiger partial charge in [0.15, 0.2) is 0 Å². The third-order valence-electron chi connectivity index (χ3n) is 3.72. The molecule has 4 heteroatoms. The standard InChI is InChI=1S/C17H25N3S/c1-3-5-8-14(4-2)11-18-12-15-13-21-17(20-15)16-9-6-7-10-19-16/h6-7,9-10,13-14,18H,3-5,8,11-12H2,1-2H3. The topological polar surface area (TPSA) is 37.8 Å². The maximum absolute atomic E-state index is 4.66. The molecule has 0 fully saturated rings. The van der Waals surface area contributed by atoms with Crippen molar-refractivity contribution in [2.75, 3.05) is 6.54 Å². The fourth-order valence-electron chi connectivity index (χ4n) is 2.34. The van der Waals surface area contributed by atoms with Gasteiger partial charge in [0.2, 0.25) is 0 Å². The monoisotopic (exact) mass is 303 g/mol. The van der Waals surface area contributed by atoms with Gasteiger partial charge in [-0.3, -0.25) is 4.98 Å². The Kier molecular flexibility index (Phi) is 6.83. The first-order chi connectivity index (χ1) is 10.3. The molecule has 0 radical (unpaired) electrons. The van der Waals surface area contributed by atoms with Crippen LogP contribution in [0.4, 0.5) is 0 Å². The van der Waals surface area contributed by atoms with Crippen molar-refractivity contribution in [3.8, 4) is 10.7 Å². The van der Waals surface area contributed by atoms with Gasteiger partial charge >= 0.3 is 0 Å². The average Bonchev–Trinajstić information content (AvgIpc) is 3.00. The second-order valence-corrected chi connectivity index (χ2v) is 6.26. The quantitative estimate of drug-likeness (QED) is 0.740. The summed E-state index contributed by atoms with van der Waals surface area (Å²) >= 11 is 1.67. The van der Waals surface area contributed by atoms with Crippen LogP contribution in [0.15, 0.2) is 29.8 Å². The number of hydrogen-bond donors (Lipinski definition) is 1. The van der Waals surface area contributed by atoms with Gasteiger partial charge in [-0.05, 0) is 31.0 Å². The Morgan fingerprint density at radius 3 is 2.90 bits per heavy atom. The van der Waals surface area contributed by atoms with E-state index in [0.29, 0.717) is 0 Å². The van der Waals surface area contributed by atoms with Crippen molar-refractivity contribution in [1.29, 1.82) is 0 Å². The van der Waals surface area contributed by atoms with Gasteiger partial charge in [-0.2, -0.15) is 0 Å². The van der Waals surface area contributed by atoms with Crippen molar-refractivity contribution >= 4 is 11.3 Å². The van der Waals surface area contributed by atoms with Gasteiger partial charge < -0.3 is 5.32 Å². The number of nitrogens with one attached hydrogen (secondary N) is 1. The van der Waals surface area contributed by atoms with Gasteiger partial charge in [0.05, 0.1) is 11.4 Å². The molecule has 1 N–H and O–H groups in total. The predicted octanol–water partition coefficient (Wildman–Crippen LogP) is 4.51. The maximum Gasteiger partial charge on any atom is 0.142 e. The molecule has 0 bridgehead atoms. The summed E-state index contributed by atoms with van der Waals surface area (Å²) in [5.74, 6) is 0.791. The van der Waals surface area contributed by atoms with E-state index in [1.165, 1.54) is 25.7 Å². The highest BCUT2D eigenvalue weighted by atomic mass is 32.1. The van der Waals surface area contributed by atoms with Gasteiger partial charge in [0.25, 0.3) is 0 Å². The molecular formula is C17H25N3S. The number of hydrogen-bond acceptors (Lipinski definition) is 4. The van der Waals surface area contributed by atoms with E-state index in [4.69, 9.17) is 0 Å². The van der Waals surface area contributed by atoms with E-state index in [0.717, 1.165) is 35.4 Å². The maximum atomic E-state index is 4.66. The van der Waals surface area contributed by atoms with Crippen LogP contribution in [0.5, 0.6) is 0 Å². The van der Waals surface area contributed by atoms with Gasteiger partial charge in [0.1, 0.15) is 5.01 Å². The number of aromatic nitrogens is 2. The number of thiazole rings is 1. The van der Waals surface area contributed by atoms with Crippen LogP contribution >= 0.6 is 11.3 Å². The van der Waals surface area contributed by atoms with Gasteiger partial charge in [-0.15, -0.1) is 11.3 Å². The summed E-state index contributed by atoms with van der Waals surface area (Å²) in [5.41, 5.74) is 2.08. The Morgan fingerprint density at radius 2 is 2.19 bits per heavy atom. The molecular weight excluding hydrogens is 278 g/mol. The Bertz CT molecular complexity index is 510. The molecule has 2 aromatic heterocycles. The lowest BCUT2D eigenvalue weighted by atomic mass is 9.99. The van der Waals surface area contributed by atoms with Crippen molar-refractivity contribution in [1.82, 2.24) is 15.3 Å². The fourth-order valence-corrected chi connectivity index (χ4v) is 3.14. The molecule has 2 heterocycles. The second-order valence-electron chi connectivity index (χ2n) is 5.41. The Morgan fingerprint density at radius 1 is 1.29 bits per heavy atom. The largest absolute Gasteiger partial charge is 0.311 e. The molecule has 21 heavy (non-hydrogen) atoms. The SMILES string of the molecule is CCCCC(CC)CNCc1csc(-c2ccccn2)n1. The van der Waals surface area contributed by atoms with Crippen LogP contribution in [-0.2, 0) is 6.54 Å². The van der Waals surface area contributed by atoms with Gasteiger partial charge in [0, 0.05) is 18.1 Å². The molecule has 3 nitrogen and oxygen atoms in total. The average molecular weight is 303 g/mol. The molecule has 114 valence electrons. The first kappa shape index (κ1) is 16.1. The van der Waals surface area contributed by atoms with Crippen molar-refractivity contribution in [2.45, 2.75) is 46.1 Å². The summed E-state index contributed by atoms with van der Waals surface area (Å²) in [7, 11) is 0. The molecule has 0 aliphatic carbocycles. The van der Waals surface area contributed by atoms with Crippen molar-refractivity contribution in [3.63, 3.8) is 0 Å². The van der Waals surface area contributed by atoms with Crippen molar-refractivity contribution in [2.24, 2.45) is 5.92 Å². The van der Waals surface area contributed by atoms with Crippen LogP contribution in [0.3, 0.4) is 0 Å². The highest BCUT2D eigenvalue weighted by molar-refractivity contribution is 7.13. The Hall–Kier alpha value is -1.26. The Labute approximate surface area is 131 Å². The van der Waals surface area contributed by atoms with E-state index >= 15 is 0 Å². The highest BCUT2D eigenvalue weighted by Gasteiger charge is 2.07. The molecule has 0 aliphatic rings. The summed E-state index contributed by atoms with van der Waals surface area (Å²) < 4.78 is 0. The first-order valence-corrected chi connectivity index (χ1v) is 8.78. The Balaban J connectivity index is 1.80. The van der Waals surface area contributed by atoms with Crippen LogP contribution in [-0.4, -0.2) is 16.5 Å². The van der Waals surface area contributed by atoms with Crippen molar-refractivity contribution < 1.29 is 0 Å². The van der Waals surface area contributed by atoms with Crippen LogP contribution in [0.1, 0.15) is 45.2 Å². The van der Waals surface area contributed by atoms with E-state index in [1.807, 2.05) is 24.4 Å². The summed E-state index contributed by atoms with van der Waals surface area (Å²) in [5, 5.41) is 6.68. The first-order valence-electron chi connectivity index (χ1n) is 7.90. The highest BCUT2D eigenvalue weighted by Crippen LogP contribution is 2.21. The summed E-state index contributed by atoms with van der Waals surface area (Å²) in [6.45, 7) is 6.48. The lowest BCUT2D eigenvalue weighted by Gasteiger charge is -2.14. The minimum absolute atomic E-state index is 0.791. The molecule has 1 atom stereocenters. The molecule has 1 unspecified atom stereocenters. The minimum Gasteiger partial charge on any atom is -0.311 e. The third kappa shape index (κ3) is 5.21. The minimum atomic E-state index is 0.791. The number of unbranched alkanes of at least 4 members (excludes halogenated alkanes) is 1. The van der Waals surface area contributed by atoms with Crippen LogP contribution in [0, 0.1) is 5.92 Å². The fraction of sp³-hybridized carbons (Fsp3) is 0.529. The van der Waals surface area contributed by atoms with Crippen LogP contribution in [0.25, 0.3) is 10.7 Å². The zero-order valence-corrected chi connectivity index (χ0v) is 13.8. The van der Waals surface area contributed by atoms with E-state index in [1.54, 1.807) is 11.3 Å². The molecule has 2 aromatic rings. The normalized spacial score (nSPS) is 12.5. The second kappa shape index (κ2) is 8.90. The number of pyridine rings is 1. The van der Waals surface area contributed by atoms with Crippen LogP contribution < -0.4 is 5.32 Å².